The van der Waals surface area contributed by atoms with Gasteiger partial charge in [-0.25, -0.2) is 12.7 Å². The Hall–Kier alpha value is -4.35. The van der Waals surface area contributed by atoms with Crippen molar-refractivity contribution in [3.05, 3.63) is 83.1 Å². The van der Waals surface area contributed by atoms with Crippen molar-refractivity contribution in [2.24, 2.45) is 0 Å². The summed E-state index contributed by atoms with van der Waals surface area (Å²) >= 11 is 0. The summed E-state index contributed by atoms with van der Waals surface area (Å²) in [7, 11) is -4.09. The number of rotatable bonds is 19. The van der Waals surface area contributed by atoms with Crippen LogP contribution in [0.1, 0.15) is 97.8 Å². The minimum Gasteiger partial charge on any atom is -0.494 e. The number of aryl methyl sites for hydroxylation is 1. The van der Waals surface area contributed by atoms with Crippen molar-refractivity contribution in [1.82, 2.24) is 4.90 Å². The van der Waals surface area contributed by atoms with Crippen molar-refractivity contribution in [3.8, 4) is 17.2 Å². The quantitative estimate of drug-likeness (QED) is 0.0707. The van der Waals surface area contributed by atoms with E-state index < -0.39 is 15.9 Å². The molecule has 0 aliphatic carbocycles. The summed E-state index contributed by atoms with van der Waals surface area (Å²) in [4.78, 5) is 30.4. The topological polar surface area (TPSA) is 116 Å². The van der Waals surface area contributed by atoms with Crippen molar-refractivity contribution in [1.29, 1.82) is 0 Å². The minimum atomic E-state index is -4.09. The second-order valence-corrected chi connectivity index (χ2v) is 14.5. The average Bonchev–Trinajstić information content (AvgIpc) is 3.73. The van der Waals surface area contributed by atoms with Gasteiger partial charge in [-0.2, -0.15) is 0 Å². The van der Waals surface area contributed by atoms with E-state index in [1.165, 1.54) is 49.9 Å². The number of fused-ring (bicyclic) bond motifs is 2. The highest BCUT2D eigenvalue weighted by molar-refractivity contribution is 7.92. The molecule has 50 heavy (non-hydrogen) atoms. The molecule has 0 radical (unpaired) electrons. The van der Waals surface area contributed by atoms with Gasteiger partial charge in [0.15, 0.2) is 17.3 Å². The number of benzene rings is 3. The van der Waals surface area contributed by atoms with Crippen LogP contribution in [0.15, 0.2) is 65.1 Å². The van der Waals surface area contributed by atoms with Crippen molar-refractivity contribution < 1.29 is 36.6 Å². The normalized spacial score (nSPS) is 12.5. The number of ketones is 1. The van der Waals surface area contributed by atoms with Gasteiger partial charge in [0, 0.05) is 29.5 Å². The van der Waals surface area contributed by atoms with Gasteiger partial charge in [0.1, 0.15) is 17.1 Å². The van der Waals surface area contributed by atoms with Crippen LogP contribution in [-0.2, 0) is 16.4 Å². The lowest BCUT2D eigenvalue weighted by atomic mass is 9.98. The van der Waals surface area contributed by atoms with E-state index in [-0.39, 0.29) is 23.8 Å². The number of sulfonamides is 1. The highest BCUT2D eigenvalue weighted by Crippen LogP contribution is 2.36. The molecule has 11 heteroatoms. The summed E-state index contributed by atoms with van der Waals surface area (Å²) in [5.74, 6) is 1.02. The summed E-state index contributed by atoms with van der Waals surface area (Å²) in [6.45, 7) is 10.3. The Bertz CT molecular complexity index is 1880. The number of nitrogens with zero attached hydrogens (tertiary/aromatic N) is 2. The molecular weight excluding hydrogens is 657 g/mol. The molecule has 268 valence electrons. The number of hydrogen-bond acceptors (Lipinski definition) is 9. The fourth-order valence-corrected chi connectivity index (χ4v) is 6.96. The molecule has 1 aromatic heterocycles. The van der Waals surface area contributed by atoms with Crippen LogP contribution in [0.3, 0.4) is 0 Å². The molecule has 1 aliphatic heterocycles. The van der Waals surface area contributed by atoms with Gasteiger partial charge in [-0.3, -0.25) is 9.59 Å². The van der Waals surface area contributed by atoms with E-state index in [1.807, 2.05) is 0 Å². The zero-order valence-electron chi connectivity index (χ0n) is 29.5. The highest BCUT2D eigenvalue weighted by Gasteiger charge is 2.30. The predicted octanol–water partition coefficient (Wildman–Crippen LogP) is 8.01. The van der Waals surface area contributed by atoms with E-state index in [0.29, 0.717) is 58.1 Å². The molecule has 4 aromatic rings. The number of ether oxygens (including phenoxy) is 3. The standard InChI is InChI=1S/C39H48N2O8S/c1-5-8-12-35-37(38(42)28-13-17-31(18-14-28)46-24-11-23-40(21-9-6-2)22-10-7-3)32-26-30(16-20-33(32)49-35)41(50(4,44)45)39(43)29-15-19-34-36(25-29)48-27-47-34/h13-20,25-26H,5-12,21-24,27H2,1-4H3. The van der Waals surface area contributed by atoms with Crippen molar-refractivity contribution >= 4 is 38.4 Å². The molecule has 5 rings (SSSR count). The number of carbonyl (C=O) groups is 2. The second kappa shape index (κ2) is 17.0. The van der Waals surface area contributed by atoms with Crippen molar-refractivity contribution in [3.63, 3.8) is 0 Å². The molecule has 0 bridgehead atoms. The molecule has 0 unspecified atom stereocenters. The van der Waals surface area contributed by atoms with Gasteiger partial charge in [-0.15, -0.1) is 0 Å². The number of hydrogen-bond donors (Lipinski definition) is 0. The molecule has 1 amide bonds. The maximum Gasteiger partial charge on any atom is 0.272 e. The molecule has 10 nitrogen and oxygen atoms in total. The van der Waals surface area contributed by atoms with Crippen LogP contribution in [0.2, 0.25) is 0 Å². The molecule has 0 N–H and O–H groups in total. The van der Waals surface area contributed by atoms with E-state index >= 15 is 0 Å². The molecular formula is C39H48N2O8S. The Morgan fingerprint density at radius 3 is 2.12 bits per heavy atom. The van der Waals surface area contributed by atoms with Crippen LogP contribution in [0.4, 0.5) is 5.69 Å². The van der Waals surface area contributed by atoms with E-state index in [1.54, 1.807) is 36.4 Å². The zero-order chi connectivity index (χ0) is 35.7. The number of furan rings is 1. The summed E-state index contributed by atoms with van der Waals surface area (Å²) in [6.07, 6.45) is 8.86. The van der Waals surface area contributed by atoms with E-state index in [0.717, 1.165) is 49.5 Å². The van der Waals surface area contributed by atoms with Crippen molar-refractivity contribution in [2.45, 2.75) is 72.1 Å². The highest BCUT2D eigenvalue weighted by atomic mass is 32.2. The van der Waals surface area contributed by atoms with E-state index in [9.17, 15) is 18.0 Å². The van der Waals surface area contributed by atoms with Crippen LogP contribution in [-0.4, -0.2) is 64.3 Å². The lowest BCUT2D eigenvalue weighted by Gasteiger charge is -2.21. The predicted molar refractivity (Wildman–Crippen MR) is 195 cm³/mol. The smallest absolute Gasteiger partial charge is 0.272 e. The molecule has 0 saturated carbocycles. The maximum absolute atomic E-state index is 14.1. The Labute approximate surface area is 295 Å². The SMILES string of the molecule is CCCCc1oc2ccc(N(C(=O)c3ccc4c(c3)OCO4)S(C)(=O)=O)cc2c1C(=O)c1ccc(OCCCN(CCCC)CCCC)cc1. The number of unbranched alkanes of at least 4 members (excludes halogenated alkanes) is 3. The first kappa shape index (κ1) is 36.9. The summed E-state index contributed by atoms with van der Waals surface area (Å²) in [5, 5.41) is 0.432. The Balaban J connectivity index is 1.38. The molecule has 0 spiro atoms. The number of anilines is 1. The molecule has 3 aromatic carbocycles. The summed E-state index contributed by atoms with van der Waals surface area (Å²) in [5.41, 5.74) is 1.43. The molecule has 2 heterocycles. The largest absolute Gasteiger partial charge is 0.494 e. The minimum absolute atomic E-state index is 0.0179. The second-order valence-electron chi connectivity index (χ2n) is 12.7. The van der Waals surface area contributed by atoms with Crippen LogP contribution >= 0.6 is 0 Å². The lowest BCUT2D eigenvalue weighted by Crippen LogP contribution is -2.36. The average molecular weight is 705 g/mol. The van der Waals surface area contributed by atoms with E-state index in [4.69, 9.17) is 18.6 Å². The molecule has 1 aliphatic rings. The summed E-state index contributed by atoms with van der Waals surface area (Å²) < 4.78 is 49.9. The van der Waals surface area contributed by atoms with Gasteiger partial charge in [0.25, 0.3) is 5.91 Å². The van der Waals surface area contributed by atoms with E-state index in [2.05, 4.69) is 25.7 Å². The fourth-order valence-electron chi connectivity index (χ4n) is 6.05. The van der Waals surface area contributed by atoms with Crippen LogP contribution < -0.4 is 18.5 Å². The van der Waals surface area contributed by atoms with Crippen LogP contribution in [0, 0.1) is 0 Å². The van der Waals surface area contributed by atoms with Gasteiger partial charge in [-0.1, -0.05) is 40.0 Å². The first-order valence-electron chi connectivity index (χ1n) is 17.6. The van der Waals surface area contributed by atoms with Crippen LogP contribution in [0.5, 0.6) is 17.2 Å². The first-order valence-corrected chi connectivity index (χ1v) is 19.5. The van der Waals surface area contributed by atoms with Gasteiger partial charge in [0.05, 0.1) is 24.1 Å². The fraction of sp³-hybridized carbons (Fsp3) is 0.436. The van der Waals surface area contributed by atoms with Gasteiger partial charge >= 0.3 is 0 Å². The van der Waals surface area contributed by atoms with Crippen molar-refractivity contribution in [2.75, 3.05) is 43.6 Å². The third-order valence-electron chi connectivity index (χ3n) is 8.76. The summed E-state index contributed by atoms with van der Waals surface area (Å²) in [6, 6.07) is 16.2. The molecule has 0 atom stereocenters. The third-order valence-corrected chi connectivity index (χ3v) is 9.80. The monoisotopic (exact) mass is 704 g/mol. The lowest BCUT2D eigenvalue weighted by molar-refractivity contribution is 0.100. The Morgan fingerprint density at radius 2 is 1.44 bits per heavy atom. The Kier molecular flexibility index (Phi) is 12.6. The Morgan fingerprint density at radius 1 is 0.780 bits per heavy atom. The molecule has 0 saturated heterocycles. The maximum atomic E-state index is 14.1. The zero-order valence-corrected chi connectivity index (χ0v) is 30.4. The van der Waals surface area contributed by atoms with Gasteiger partial charge in [-0.05, 0) is 99.4 Å². The third kappa shape index (κ3) is 8.86. The van der Waals surface area contributed by atoms with Gasteiger partial charge < -0.3 is 23.5 Å². The molecule has 0 fully saturated rings. The first-order chi connectivity index (χ1) is 24.1. The number of carbonyl (C=O) groups excluding carboxylic acids is 2. The number of amides is 1. The van der Waals surface area contributed by atoms with Crippen LogP contribution in [0.25, 0.3) is 11.0 Å². The van der Waals surface area contributed by atoms with Gasteiger partial charge in [0.2, 0.25) is 16.8 Å².